The third-order valence-electron chi connectivity index (χ3n) is 2.60. The van der Waals surface area contributed by atoms with Gasteiger partial charge in [0.25, 0.3) is 5.91 Å². The van der Waals surface area contributed by atoms with Crippen LogP contribution < -0.4 is 10.1 Å². The number of anilines is 1. The van der Waals surface area contributed by atoms with Gasteiger partial charge in [-0.05, 0) is 30.3 Å². The van der Waals surface area contributed by atoms with Crippen LogP contribution >= 0.6 is 11.3 Å². The van der Waals surface area contributed by atoms with Crippen molar-refractivity contribution in [3.05, 3.63) is 52.2 Å². The highest BCUT2D eigenvalue weighted by molar-refractivity contribution is 7.15. The second kappa shape index (κ2) is 6.71. The number of carbonyl (C=O) groups is 2. The van der Waals surface area contributed by atoms with Gasteiger partial charge >= 0.3 is 5.97 Å². The van der Waals surface area contributed by atoms with E-state index in [-0.39, 0.29) is 5.91 Å². The van der Waals surface area contributed by atoms with E-state index in [1.807, 2.05) is 6.07 Å². The van der Waals surface area contributed by atoms with Crippen LogP contribution in [0, 0.1) is 0 Å². The second-order valence-corrected chi connectivity index (χ2v) is 5.14. The summed E-state index contributed by atoms with van der Waals surface area (Å²) in [4.78, 5) is 23.8. The summed E-state index contributed by atoms with van der Waals surface area (Å²) in [7, 11) is 1.53. The average Bonchev–Trinajstić information content (AvgIpc) is 2.94. The molecule has 2 N–H and O–H groups in total. The van der Waals surface area contributed by atoms with Gasteiger partial charge in [0, 0.05) is 11.0 Å². The van der Waals surface area contributed by atoms with Gasteiger partial charge in [-0.1, -0.05) is 12.1 Å². The molecule has 2 rings (SSSR count). The zero-order valence-corrected chi connectivity index (χ0v) is 12.0. The van der Waals surface area contributed by atoms with Crippen molar-refractivity contribution >= 4 is 35.0 Å². The van der Waals surface area contributed by atoms with Gasteiger partial charge in [-0.2, -0.15) is 0 Å². The SMILES string of the molecule is COc1ccccc1NC(=O)c1ccc(C=CC(=O)O)s1. The van der Waals surface area contributed by atoms with E-state index in [0.717, 1.165) is 6.08 Å². The second-order valence-electron chi connectivity index (χ2n) is 4.03. The first-order valence-electron chi connectivity index (χ1n) is 6.05. The Morgan fingerprint density at radius 2 is 2.00 bits per heavy atom. The molecule has 0 fully saturated rings. The molecule has 0 unspecified atom stereocenters. The highest BCUT2D eigenvalue weighted by atomic mass is 32.1. The highest BCUT2D eigenvalue weighted by Crippen LogP contribution is 2.25. The quantitative estimate of drug-likeness (QED) is 0.832. The lowest BCUT2D eigenvalue weighted by atomic mass is 10.3. The lowest BCUT2D eigenvalue weighted by molar-refractivity contribution is -0.131. The van der Waals surface area contributed by atoms with Crippen LogP contribution in [0.5, 0.6) is 5.75 Å². The Bertz CT molecular complexity index is 690. The predicted molar refractivity (Wildman–Crippen MR) is 81.9 cm³/mol. The largest absolute Gasteiger partial charge is 0.495 e. The van der Waals surface area contributed by atoms with E-state index in [1.165, 1.54) is 24.5 Å². The van der Waals surface area contributed by atoms with E-state index in [9.17, 15) is 9.59 Å². The number of carboxylic acids is 1. The van der Waals surface area contributed by atoms with Crippen molar-refractivity contribution in [1.82, 2.24) is 0 Å². The molecule has 0 saturated heterocycles. The molecule has 21 heavy (non-hydrogen) atoms. The van der Waals surface area contributed by atoms with Crippen molar-refractivity contribution in [2.45, 2.75) is 0 Å². The number of benzene rings is 1. The molecule has 5 nitrogen and oxygen atoms in total. The first-order valence-corrected chi connectivity index (χ1v) is 6.87. The molecule has 0 atom stereocenters. The maximum atomic E-state index is 12.1. The lowest BCUT2D eigenvalue weighted by Crippen LogP contribution is -2.10. The third-order valence-corrected chi connectivity index (χ3v) is 3.65. The molecule has 0 aliphatic carbocycles. The first-order chi connectivity index (χ1) is 10.1. The number of methoxy groups -OCH3 is 1. The molecular formula is C15H13NO4S. The van der Waals surface area contributed by atoms with Gasteiger partial charge in [0.15, 0.2) is 0 Å². The van der Waals surface area contributed by atoms with E-state index in [2.05, 4.69) is 5.32 Å². The summed E-state index contributed by atoms with van der Waals surface area (Å²) in [5.41, 5.74) is 0.584. The Balaban J connectivity index is 2.12. The number of rotatable bonds is 5. The maximum Gasteiger partial charge on any atom is 0.328 e. The van der Waals surface area contributed by atoms with Gasteiger partial charge < -0.3 is 15.2 Å². The maximum absolute atomic E-state index is 12.1. The van der Waals surface area contributed by atoms with E-state index >= 15 is 0 Å². The fraction of sp³-hybridized carbons (Fsp3) is 0.0667. The Labute approximate surface area is 125 Å². The average molecular weight is 303 g/mol. The van der Waals surface area contributed by atoms with Crippen molar-refractivity contribution in [2.75, 3.05) is 12.4 Å². The molecule has 108 valence electrons. The summed E-state index contributed by atoms with van der Waals surface area (Å²) in [6.45, 7) is 0. The standard InChI is InChI=1S/C15H13NO4S/c1-20-12-5-3-2-4-11(12)16-15(19)13-8-6-10(21-13)7-9-14(17)18/h2-9H,1H3,(H,16,19)(H,17,18). The van der Waals surface area contributed by atoms with E-state index in [0.29, 0.717) is 21.2 Å². The van der Waals surface area contributed by atoms with Crippen LogP contribution in [0.4, 0.5) is 5.69 Å². The van der Waals surface area contributed by atoms with E-state index in [1.54, 1.807) is 30.3 Å². The zero-order valence-electron chi connectivity index (χ0n) is 11.2. The van der Waals surface area contributed by atoms with E-state index < -0.39 is 5.97 Å². The zero-order chi connectivity index (χ0) is 15.2. The molecule has 1 amide bonds. The topological polar surface area (TPSA) is 75.6 Å². The Hall–Kier alpha value is -2.60. The Morgan fingerprint density at radius 1 is 1.24 bits per heavy atom. The summed E-state index contributed by atoms with van der Waals surface area (Å²) in [6, 6.07) is 10.5. The summed E-state index contributed by atoms with van der Waals surface area (Å²) < 4.78 is 5.16. The van der Waals surface area contributed by atoms with Crippen molar-refractivity contribution in [2.24, 2.45) is 0 Å². The highest BCUT2D eigenvalue weighted by Gasteiger charge is 2.11. The van der Waals surface area contributed by atoms with Gasteiger partial charge in [0.05, 0.1) is 17.7 Å². The van der Waals surface area contributed by atoms with Crippen LogP contribution in [0.15, 0.2) is 42.5 Å². The first kappa shape index (κ1) is 14.8. The van der Waals surface area contributed by atoms with Crippen molar-refractivity contribution in [3.63, 3.8) is 0 Å². The van der Waals surface area contributed by atoms with Crippen LogP contribution in [-0.2, 0) is 4.79 Å². The van der Waals surface area contributed by atoms with Crippen LogP contribution in [-0.4, -0.2) is 24.1 Å². The molecule has 0 aliphatic heterocycles. The normalized spacial score (nSPS) is 10.5. The number of ether oxygens (including phenoxy) is 1. The number of carbonyl (C=O) groups excluding carboxylic acids is 1. The molecule has 0 aliphatic rings. The number of hydrogen-bond acceptors (Lipinski definition) is 4. The monoisotopic (exact) mass is 303 g/mol. The minimum Gasteiger partial charge on any atom is -0.495 e. The number of hydrogen-bond donors (Lipinski definition) is 2. The van der Waals surface area contributed by atoms with Crippen molar-refractivity contribution in [3.8, 4) is 5.75 Å². The van der Waals surface area contributed by atoms with Gasteiger partial charge in [-0.3, -0.25) is 4.79 Å². The van der Waals surface area contributed by atoms with Crippen LogP contribution in [0.25, 0.3) is 6.08 Å². The number of thiophene rings is 1. The fourth-order valence-electron chi connectivity index (χ4n) is 1.65. The molecule has 0 radical (unpaired) electrons. The molecule has 6 heteroatoms. The Kier molecular flexibility index (Phi) is 4.73. The molecule has 1 heterocycles. The minimum absolute atomic E-state index is 0.264. The number of aliphatic carboxylic acids is 1. The lowest BCUT2D eigenvalue weighted by Gasteiger charge is -2.08. The minimum atomic E-state index is -1.02. The van der Waals surface area contributed by atoms with E-state index in [4.69, 9.17) is 9.84 Å². The summed E-state index contributed by atoms with van der Waals surface area (Å²) in [6.07, 6.45) is 2.49. The number of amides is 1. The third kappa shape index (κ3) is 3.93. The molecule has 1 aromatic heterocycles. The summed E-state index contributed by atoms with van der Waals surface area (Å²) in [5, 5.41) is 11.3. The van der Waals surface area contributed by atoms with Gasteiger partial charge in [0.1, 0.15) is 5.75 Å². The van der Waals surface area contributed by atoms with Crippen LogP contribution in [0.3, 0.4) is 0 Å². The van der Waals surface area contributed by atoms with Gasteiger partial charge in [0.2, 0.25) is 0 Å². The van der Waals surface area contributed by atoms with Crippen molar-refractivity contribution in [1.29, 1.82) is 0 Å². The van der Waals surface area contributed by atoms with Gasteiger partial charge in [-0.15, -0.1) is 11.3 Å². The molecule has 1 aromatic carbocycles. The predicted octanol–water partition coefficient (Wildman–Crippen LogP) is 3.11. The van der Waals surface area contributed by atoms with Crippen LogP contribution in [0.2, 0.25) is 0 Å². The fourth-order valence-corrected chi connectivity index (χ4v) is 2.46. The summed E-state index contributed by atoms with van der Waals surface area (Å²) >= 11 is 1.21. The molecule has 2 aromatic rings. The summed E-state index contributed by atoms with van der Waals surface area (Å²) in [5.74, 6) is -0.712. The number of para-hydroxylation sites is 2. The van der Waals surface area contributed by atoms with Crippen molar-refractivity contribution < 1.29 is 19.4 Å². The van der Waals surface area contributed by atoms with Crippen LogP contribution in [0.1, 0.15) is 14.5 Å². The molecule has 0 spiro atoms. The smallest absolute Gasteiger partial charge is 0.328 e. The molecule has 0 saturated carbocycles. The Morgan fingerprint density at radius 3 is 2.71 bits per heavy atom. The molecular weight excluding hydrogens is 290 g/mol. The molecule has 0 bridgehead atoms. The number of nitrogens with one attached hydrogen (secondary N) is 1. The number of carboxylic acid groups (broad SMARTS) is 1. The van der Waals surface area contributed by atoms with Gasteiger partial charge in [-0.25, -0.2) is 4.79 Å².